The van der Waals surface area contributed by atoms with Crippen LogP contribution in [0.15, 0.2) is 12.2 Å². The summed E-state index contributed by atoms with van der Waals surface area (Å²) in [6.45, 7) is 6.33. The Kier molecular flexibility index (Phi) is 4.74. The third-order valence-corrected chi connectivity index (χ3v) is 3.67. The smallest absolute Gasteiger partial charge is 0.332 e. The van der Waals surface area contributed by atoms with Crippen molar-refractivity contribution in [2.24, 2.45) is 0 Å². The molecule has 0 saturated carbocycles. The summed E-state index contributed by atoms with van der Waals surface area (Å²) in [4.78, 5) is 16.9. The Bertz CT molecular complexity index is 313. The van der Waals surface area contributed by atoms with Crippen molar-refractivity contribution in [2.45, 2.75) is 44.6 Å². The van der Waals surface area contributed by atoms with Crippen LogP contribution in [0.4, 0.5) is 0 Å². The molecule has 18 heavy (non-hydrogen) atoms. The van der Waals surface area contributed by atoms with Gasteiger partial charge in [0.2, 0.25) is 0 Å². The largest absolute Gasteiger partial charge is 0.478 e. The molecule has 0 aromatic heterocycles. The van der Waals surface area contributed by atoms with E-state index in [9.17, 15) is 4.79 Å². The third kappa shape index (κ3) is 3.31. The first-order valence-corrected chi connectivity index (χ1v) is 6.80. The number of hydrogen-bond acceptors (Lipinski definition) is 4. The molecule has 0 amide bonds. The lowest BCUT2D eigenvalue weighted by Crippen LogP contribution is -2.47. The van der Waals surface area contributed by atoms with Gasteiger partial charge in [-0.15, -0.1) is 0 Å². The lowest BCUT2D eigenvalue weighted by molar-refractivity contribution is -0.344. The van der Waals surface area contributed by atoms with Crippen molar-refractivity contribution in [3.63, 3.8) is 0 Å². The molecule has 0 bridgehead atoms. The fourth-order valence-electron chi connectivity index (χ4n) is 2.59. The average Bonchev–Trinajstić information content (AvgIpc) is 2.39. The molecule has 1 N–H and O–H groups in total. The van der Waals surface area contributed by atoms with Crippen molar-refractivity contribution < 1.29 is 14.8 Å². The number of hydrogen-bond donors (Lipinski definition) is 1. The molecule has 1 unspecified atom stereocenters. The van der Waals surface area contributed by atoms with Gasteiger partial charge in [-0.25, -0.2) is 9.73 Å². The van der Waals surface area contributed by atoms with Crippen LogP contribution in [0.25, 0.3) is 0 Å². The van der Waals surface area contributed by atoms with Gasteiger partial charge in [-0.1, -0.05) is 19.4 Å². The highest BCUT2D eigenvalue weighted by Gasteiger charge is 2.30. The van der Waals surface area contributed by atoms with Gasteiger partial charge in [0.15, 0.2) is 0 Å². The first-order chi connectivity index (χ1) is 8.68. The van der Waals surface area contributed by atoms with E-state index in [-0.39, 0.29) is 11.6 Å². The number of hydroxylamine groups is 4. The van der Waals surface area contributed by atoms with E-state index in [4.69, 9.17) is 10.0 Å². The molecule has 2 rings (SSSR count). The quantitative estimate of drug-likeness (QED) is 0.775. The molecule has 5 heteroatoms. The highest BCUT2D eigenvalue weighted by atomic mass is 16.8. The highest BCUT2D eigenvalue weighted by molar-refractivity contribution is 5.87. The number of carboxylic acid groups (broad SMARTS) is 1. The summed E-state index contributed by atoms with van der Waals surface area (Å²) in [5.74, 6) is -0.922. The second-order valence-corrected chi connectivity index (χ2v) is 5.05. The molecule has 102 valence electrons. The maximum Gasteiger partial charge on any atom is 0.332 e. The van der Waals surface area contributed by atoms with Crippen molar-refractivity contribution in [2.75, 3.05) is 19.6 Å². The van der Waals surface area contributed by atoms with E-state index < -0.39 is 5.97 Å². The Labute approximate surface area is 108 Å². The molecule has 5 nitrogen and oxygen atoms in total. The average molecular weight is 254 g/mol. The van der Waals surface area contributed by atoms with Crippen LogP contribution in [0.2, 0.25) is 0 Å². The zero-order valence-electron chi connectivity index (χ0n) is 10.8. The van der Waals surface area contributed by atoms with Crippen molar-refractivity contribution in [3.8, 4) is 0 Å². The molecule has 2 aliphatic rings. The zero-order valence-corrected chi connectivity index (χ0v) is 10.8. The van der Waals surface area contributed by atoms with E-state index in [0.29, 0.717) is 0 Å². The Morgan fingerprint density at radius 2 is 1.78 bits per heavy atom. The minimum Gasteiger partial charge on any atom is -0.478 e. The summed E-state index contributed by atoms with van der Waals surface area (Å²) in [6, 6.07) is -0.182. The van der Waals surface area contributed by atoms with Crippen LogP contribution in [0.1, 0.15) is 38.5 Å². The van der Waals surface area contributed by atoms with Gasteiger partial charge in [-0.05, 0) is 25.7 Å². The summed E-state index contributed by atoms with van der Waals surface area (Å²) in [5, 5.41) is 12.8. The lowest BCUT2D eigenvalue weighted by atomic mass is 9.98. The maximum atomic E-state index is 11.0. The minimum absolute atomic E-state index is 0.182. The predicted octanol–water partition coefficient (Wildman–Crippen LogP) is 1.81. The topological polar surface area (TPSA) is 53.0 Å². The van der Waals surface area contributed by atoms with E-state index >= 15 is 0 Å². The molecular weight excluding hydrogens is 232 g/mol. The van der Waals surface area contributed by atoms with Crippen LogP contribution in [0.5, 0.6) is 0 Å². The van der Waals surface area contributed by atoms with E-state index in [1.807, 2.05) is 10.1 Å². The molecule has 0 aliphatic carbocycles. The molecule has 0 aromatic carbocycles. The monoisotopic (exact) mass is 254 g/mol. The van der Waals surface area contributed by atoms with Gasteiger partial charge in [-0.2, -0.15) is 10.1 Å². The van der Waals surface area contributed by atoms with E-state index in [2.05, 4.69) is 6.58 Å². The van der Waals surface area contributed by atoms with Gasteiger partial charge in [0.25, 0.3) is 0 Å². The molecule has 2 heterocycles. The van der Waals surface area contributed by atoms with Crippen LogP contribution < -0.4 is 0 Å². The van der Waals surface area contributed by atoms with Crippen LogP contribution in [-0.2, 0) is 9.73 Å². The van der Waals surface area contributed by atoms with Crippen LogP contribution >= 0.6 is 0 Å². The fraction of sp³-hybridized carbons (Fsp3) is 0.769. The Hall–Kier alpha value is -0.910. The Balaban J connectivity index is 1.94. The van der Waals surface area contributed by atoms with Gasteiger partial charge < -0.3 is 5.11 Å². The molecule has 0 spiro atoms. The maximum absolute atomic E-state index is 11.0. The standard InChI is InChI=1S/C13H22N2O3/c1-11(13(16)17)12-7-3-6-10-15(12)18-14-8-4-2-5-9-14/h12H,1-10H2,(H,16,17). The Morgan fingerprint density at radius 3 is 2.44 bits per heavy atom. The van der Waals surface area contributed by atoms with Crippen molar-refractivity contribution in [1.29, 1.82) is 0 Å². The van der Waals surface area contributed by atoms with Gasteiger partial charge in [0.1, 0.15) is 0 Å². The number of piperidine rings is 2. The van der Waals surface area contributed by atoms with Crippen LogP contribution in [0, 0.1) is 0 Å². The molecule has 2 fully saturated rings. The van der Waals surface area contributed by atoms with E-state index in [1.165, 1.54) is 6.42 Å². The van der Waals surface area contributed by atoms with E-state index in [1.54, 1.807) is 0 Å². The normalized spacial score (nSPS) is 27.0. The van der Waals surface area contributed by atoms with Gasteiger partial charge in [-0.3, -0.25) is 0 Å². The second kappa shape index (κ2) is 6.31. The lowest BCUT2D eigenvalue weighted by Gasteiger charge is -2.38. The summed E-state index contributed by atoms with van der Waals surface area (Å²) in [6.07, 6.45) is 6.47. The zero-order chi connectivity index (χ0) is 13.0. The van der Waals surface area contributed by atoms with Crippen LogP contribution in [0.3, 0.4) is 0 Å². The highest BCUT2D eigenvalue weighted by Crippen LogP contribution is 2.24. The summed E-state index contributed by atoms with van der Waals surface area (Å²) < 4.78 is 0. The number of rotatable bonds is 4. The Morgan fingerprint density at radius 1 is 1.11 bits per heavy atom. The van der Waals surface area contributed by atoms with Gasteiger partial charge in [0.05, 0.1) is 6.04 Å². The number of aliphatic carboxylic acids is 1. The second-order valence-electron chi connectivity index (χ2n) is 5.05. The van der Waals surface area contributed by atoms with Crippen molar-refractivity contribution in [3.05, 3.63) is 12.2 Å². The summed E-state index contributed by atoms with van der Waals surface area (Å²) in [5.41, 5.74) is 0.242. The van der Waals surface area contributed by atoms with Crippen molar-refractivity contribution >= 4 is 5.97 Å². The molecule has 2 aliphatic heterocycles. The first-order valence-electron chi connectivity index (χ1n) is 6.80. The SMILES string of the molecule is C=C(C(=O)O)C1CCCCN1ON1CCCCC1. The molecular formula is C13H22N2O3. The fourth-order valence-corrected chi connectivity index (χ4v) is 2.59. The first kappa shape index (κ1) is 13.5. The summed E-state index contributed by atoms with van der Waals surface area (Å²) >= 11 is 0. The molecule has 2 saturated heterocycles. The molecule has 0 aromatic rings. The number of carboxylic acids is 1. The van der Waals surface area contributed by atoms with Gasteiger partial charge >= 0.3 is 5.97 Å². The summed E-state index contributed by atoms with van der Waals surface area (Å²) in [7, 11) is 0. The number of nitrogens with zero attached hydrogens (tertiary/aromatic N) is 2. The van der Waals surface area contributed by atoms with E-state index in [0.717, 1.165) is 51.7 Å². The van der Waals surface area contributed by atoms with Gasteiger partial charge in [0, 0.05) is 25.2 Å². The van der Waals surface area contributed by atoms with Crippen molar-refractivity contribution in [1.82, 2.24) is 10.1 Å². The number of carbonyl (C=O) groups is 1. The van der Waals surface area contributed by atoms with Crippen LogP contribution in [-0.4, -0.2) is 46.9 Å². The molecule has 1 atom stereocenters. The minimum atomic E-state index is -0.922. The predicted molar refractivity (Wildman–Crippen MR) is 67.6 cm³/mol. The molecule has 0 radical (unpaired) electrons. The third-order valence-electron chi connectivity index (χ3n) is 3.67.